The maximum atomic E-state index is 12.2. The molecule has 5 heteroatoms. The summed E-state index contributed by atoms with van der Waals surface area (Å²) in [6, 6.07) is 8.81. The quantitative estimate of drug-likeness (QED) is 0.742. The highest BCUT2D eigenvalue weighted by molar-refractivity contribution is 6.07. The predicted octanol–water partition coefficient (Wildman–Crippen LogP) is 0.412. The van der Waals surface area contributed by atoms with Crippen LogP contribution in [0.3, 0.4) is 0 Å². The van der Waals surface area contributed by atoms with Crippen molar-refractivity contribution in [3.8, 4) is 0 Å². The van der Waals surface area contributed by atoms with Gasteiger partial charge in [-0.25, -0.2) is 4.79 Å². The number of carbonyl (C=O) groups is 2. The third-order valence-corrected chi connectivity index (χ3v) is 3.08. The van der Waals surface area contributed by atoms with Gasteiger partial charge >= 0.3 is 6.03 Å². The van der Waals surface area contributed by atoms with Crippen LogP contribution in [-0.2, 0) is 10.3 Å². The molecule has 17 heavy (non-hydrogen) atoms. The van der Waals surface area contributed by atoms with Crippen LogP contribution in [-0.4, -0.2) is 30.4 Å². The normalized spacial score (nSPS) is 24.0. The van der Waals surface area contributed by atoms with Crippen molar-refractivity contribution in [2.24, 2.45) is 5.73 Å². The molecule has 3 amide bonds. The Balaban J connectivity index is 2.48. The molecule has 1 aromatic carbocycles. The van der Waals surface area contributed by atoms with Gasteiger partial charge in [0.05, 0.1) is 0 Å². The summed E-state index contributed by atoms with van der Waals surface area (Å²) < 4.78 is 0. The number of hydrogen-bond acceptors (Lipinski definition) is 3. The molecule has 0 radical (unpaired) electrons. The van der Waals surface area contributed by atoms with E-state index in [1.165, 1.54) is 7.05 Å². The van der Waals surface area contributed by atoms with E-state index in [0.717, 1.165) is 10.5 Å². The average Bonchev–Trinajstić information content (AvgIpc) is 2.57. The lowest BCUT2D eigenvalue weighted by Crippen LogP contribution is -2.45. The molecule has 0 aliphatic carbocycles. The number of rotatable bonds is 3. The summed E-state index contributed by atoms with van der Waals surface area (Å²) in [6.45, 7) is 0.328. The third-order valence-electron chi connectivity index (χ3n) is 3.08. The zero-order chi connectivity index (χ0) is 12.5. The molecule has 0 unspecified atom stereocenters. The van der Waals surface area contributed by atoms with Gasteiger partial charge in [-0.1, -0.05) is 30.3 Å². The van der Waals surface area contributed by atoms with Crippen LogP contribution in [0.5, 0.6) is 0 Å². The van der Waals surface area contributed by atoms with Gasteiger partial charge in [-0.2, -0.15) is 0 Å². The summed E-state index contributed by atoms with van der Waals surface area (Å²) in [5.41, 5.74) is 5.34. The molecule has 1 aliphatic rings. The predicted molar refractivity (Wildman–Crippen MR) is 63.1 cm³/mol. The topological polar surface area (TPSA) is 75.4 Å². The van der Waals surface area contributed by atoms with Gasteiger partial charge < -0.3 is 11.1 Å². The molecule has 0 saturated carbocycles. The van der Waals surface area contributed by atoms with E-state index in [0.29, 0.717) is 13.0 Å². The van der Waals surface area contributed by atoms with E-state index >= 15 is 0 Å². The Hall–Kier alpha value is -1.88. The second-order valence-electron chi connectivity index (χ2n) is 4.10. The van der Waals surface area contributed by atoms with Crippen molar-refractivity contribution in [1.82, 2.24) is 10.2 Å². The number of nitrogens with two attached hydrogens (primary N) is 1. The summed E-state index contributed by atoms with van der Waals surface area (Å²) in [5, 5.41) is 2.74. The zero-order valence-corrected chi connectivity index (χ0v) is 9.64. The van der Waals surface area contributed by atoms with Crippen molar-refractivity contribution < 1.29 is 9.59 Å². The van der Waals surface area contributed by atoms with Gasteiger partial charge in [0.2, 0.25) is 0 Å². The van der Waals surface area contributed by atoms with Crippen LogP contribution in [0.1, 0.15) is 12.0 Å². The number of nitrogens with one attached hydrogen (secondary N) is 1. The van der Waals surface area contributed by atoms with Crippen molar-refractivity contribution in [3.63, 3.8) is 0 Å². The summed E-state index contributed by atoms with van der Waals surface area (Å²) in [6.07, 6.45) is 0.395. The molecule has 0 spiro atoms. The third kappa shape index (κ3) is 1.68. The first-order chi connectivity index (χ1) is 8.12. The molecule has 0 aromatic heterocycles. The van der Waals surface area contributed by atoms with Gasteiger partial charge in [0.25, 0.3) is 5.91 Å². The van der Waals surface area contributed by atoms with Crippen LogP contribution in [0.4, 0.5) is 4.79 Å². The molecule has 1 aliphatic heterocycles. The molecular weight excluding hydrogens is 218 g/mol. The standard InChI is InChI=1S/C12H15N3O2/c1-15-10(16)12(7-8-13,14-11(15)17)9-5-3-2-4-6-9/h2-6H,7-8,13H2,1H3,(H,14,17)/t12-/m0/s1. The first-order valence-electron chi connectivity index (χ1n) is 5.48. The molecule has 1 saturated heterocycles. The van der Waals surface area contributed by atoms with Crippen LogP contribution < -0.4 is 11.1 Å². The van der Waals surface area contributed by atoms with Crippen molar-refractivity contribution in [1.29, 1.82) is 0 Å². The van der Waals surface area contributed by atoms with Crippen molar-refractivity contribution >= 4 is 11.9 Å². The monoisotopic (exact) mass is 233 g/mol. The van der Waals surface area contributed by atoms with Gasteiger partial charge in [-0.15, -0.1) is 0 Å². The summed E-state index contributed by atoms with van der Waals surface area (Å²) in [7, 11) is 1.47. The first-order valence-corrected chi connectivity index (χ1v) is 5.48. The summed E-state index contributed by atoms with van der Waals surface area (Å²) >= 11 is 0. The minimum absolute atomic E-state index is 0.251. The molecule has 90 valence electrons. The van der Waals surface area contributed by atoms with E-state index in [1.54, 1.807) is 0 Å². The first kappa shape index (κ1) is 11.6. The van der Waals surface area contributed by atoms with Crippen LogP contribution in [0.2, 0.25) is 0 Å². The van der Waals surface area contributed by atoms with Crippen LogP contribution in [0.15, 0.2) is 30.3 Å². The maximum Gasteiger partial charge on any atom is 0.325 e. The number of carbonyl (C=O) groups excluding carboxylic acids is 2. The smallest absolute Gasteiger partial charge is 0.325 e. The largest absolute Gasteiger partial charge is 0.330 e. The summed E-state index contributed by atoms with van der Waals surface area (Å²) in [5.74, 6) is -0.251. The van der Waals surface area contributed by atoms with Gasteiger partial charge in [0.1, 0.15) is 5.54 Å². The Morgan fingerprint density at radius 2 is 1.94 bits per heavy atom. The number of nitrogens with zero attached hydrogens (tertiary/aromatic N) is 1. The molecule has 1 aromatic rings. The highest BCUT2D eigenvalue weighted by atomic mass is 16.2. The van der Waals surface area contributed by atoms with E-state index in [1.807, 2.05) is 30.3 Å². The number of urea groups is 1. The molecule has 3 N–H and O–H groups in total. The molecule has 1 atom stereocenters. The fourth-order valence-corrected chi connectivity index (χ4v) is 2.15. The molecule has 1 heterocycles. The maximum absolute atomic E-state index is 12.2. The molecule has 2 rings (SSSR count). The number of amides is 3. The minimum atomic E-state index is -0.998. The van der Waals surface area contributed by atoms with Crippen LogP contribution in [0.25, 0.3) is 0 Å². The average molecular weight is 233 g/mol. The second kappa shape index (κ2) is 4.18. The van der Waals surface area contributed by atoms with Crippen molar-refractivity contribution in [2.75, 3.05) is 13.6 Å². The fraction of sp³-hybridized carbons (Fsp3) is 0.333. The summed E-state index contributed by atoms with van der Waals surface area (Å²) in [4.78, 5) is 24.9. The molecule has 1 fully saturated rings. The number of imide groups is 1. The van der Waals surface area contributed by atoms with Crippen LogP contribution in [0, 0.1) is 0 Å². The zero-order valence-electron chi connectivity index (χ0n) is 9.64. The Morgan fingerprint density at radius 1 is 1.29 bits per heavy atom. The molecule has 0 bridgehead atoms. The lowest BCUT2D eigenvalue weighted by Gasteiger charge is -2.26. The molecular formula is C12H15N3O2. The Labute approximate surface area is 99.6 Å². The van der Waals surface area contributed by atoms with E-state index in [-0.39, 0.29) is 11.9 Å². The lowest BCUT2D eigenvalue weighted by atomic mass is 9.86. The van der Waals surface area contributed by atoms with Gasteiger partial charge in [0.15, 0.2) is 0 Å². The number of benzene rings is 1. The molecule has 5 nitrogen and oxygen atoms in total. The Morgan fingerprint density at radius 3 is 2.41 bits per heavy atom. The number of likely N-dealkylation sites (N-methyl/N-ethyl adjacent to an activating group) is 1. The lowest BCUT2D eigenvalue weighted by molar-refractivity contribution is -0.130. The highest BCUT2D eigenvalue weighted by Gasteiger charge is 2.50. The highest BCUT2D eigenvalue weighted by Crippen LogP contribution is 2.31. The minimum Gasteiger partial charge on any atom is -0.330 e. The van der Waals surface area contributed by atoms with E-state index in [9.17, 15) is 9.59 Å². The van der Waals surface area contributed by atoms with Gasteiger partial charge in [-0.3, -0.25) is 9.69 Å². The van der Waals surface area contributed by atoms with Crippen LogP contribution >= 0.6 is 0 Å². The SMILES string of the molecule is CN1C(=O)N[C@@](CCN)(c2ccccc2)C1=O. The Bertz CT molecular complexity index is 446. The van der Waals surface area contributed by atoms with E-state index < -0.39 is 5.54 Å². The van der Waals surface area contributed by atoms with E-state index in [2.05, 4.69) is 5.32 Å². The van der Waals surface area contributed by atoms with E-state index in [4.69, 9.17) is 5.73 Å². The van der Waals surface area contributed by atoms with Crippen molar-refractivity contribution in [3.05, 3.63) is 35.9 Å². The number of hydrogen-bond donors (Lipinski definition) is 2. The Kier molecular flexibility index (Phi) is 2.85. The van der Waals surface area contributed by atoms with Crippen molar-refractivity contribution in [2.45, 2.75) is 12.0 Å². The van der Waals surface area contributed by atoms with Gasteiger partial charge in [-0.05, 0) is 18.5 Å². The fourth-order valence-electron chi connectivity index (χ4n) is 2.15. The second-order valence-corrected chi connectivity index (χ2v) is 4.10. The van der Waals surface area contributed by atoms with Gasteiger partial charge in [0, 0.05) is 7.05 Å².